The maximum absolute atomic E-state index is 5.51. The molecule has 0 fully saturated rings. The molecule has 0 spiro atoms. The van der Waals surface area contributed by atoms with Gasteiger partial charge in [0, 0.05) is 38.0 Å². The normalized spacial score (nSPS) is 12.0. The topological polar surface area (TPSA) is 52.9 Å². The van der Waals surface area contributed by atoms with Crippen LogP contribution in [0.4, 0.5) is 0 Å². The number of hydrogen-bond donors (Lipinski definition) is 1. The summed E-state index contributed by atoms with van der Waals surface area (Å²) >= 11 is 0. The molecular weight excluding hydrogens is 270 g/mol. The van der Waals surface area contributed by atoms with Gasteiger partial charge in [0.2, 0.25) is 0 Å². The standard InChI is InChI=1S/C16H29NO4/c1-16(2,3)17-11-14-10-15(21-12-14)13-20-9-8-19-7-5-6-18-4/h10,12,17H,5-9,11,13H2,1-4H3. The highest BCUT2D eigenvalue weighted by Crippen LogP contribution is 2.10. The molecule has 1 aromatic heterocycles. The van der Waals surface area contributed by atoms with Crippen LogP contribution in [0, 0.1) is 0 Å². The number of ether oxygens (including phenoxy) is 3. The van der Waals surface area contributed by atoms with Crippen molar-refractivity contribution in [3.05, 3.63) is 23.7 Å². The molecule has 1 rings (SSSR count). The summed E-state index contributed by atoms with van der Waals surface area (Å²) in [5, 5.41) is 3.42. The van der Waals surface area contributed by atoms with Crippen molar-refractivity contribution in [3.63, 3.8) is 0 Å². The quantitative estimate of drug-likeness (QED) is 0.637. The van der Waals surface area contributed by atoms with E-state index in [0.717, 1.165) is 30.9 Å². The first-order valence-corrected chi connectivity index (χ1v) is 7.47. The Morgan fingerprint density at radius 1 is 1.10 bits per heavy atom. The molecule has 0 bridgehead atoms. The Labute approximate surface area is 127 Å². The summed E-state index contributed by atoms with van der Waals surface area (Å²) in [5.41, 5.74) is 1.24. The Morgan fingerprint density at radius 3 is 2.57 bits per heavy atom. The molecule has 0 aromatic carbocycles. The second-order valence-corrected chi connectivity index (χ2v) is 6.04. The monoisotopic (exact) mass is 299 g/mol. The zero-order chi connectivity index (χ0) is 15.6. The molecule has 0 aliphatic rings. The Morgan fingerprint density at radius 2 is 1.86 bits per heavy atom. The van der Waals surface area contributed by atoms with Crippen LogP contribution in [0.3, 0.4) is 0 Å². The fourth-order valence-corrected chi connectivity index (χ4v) is 1.66. The number of hydrogen-bond acceptors (Lipinski definition) is 5. The summed E-state index contributed by atoms with van der Waals surface area (Å²) < 4.78 is 21.3. The first-order valence-electron chi connectivity index (χ1n) is 7.47. The summed E-state index contributed by atoms with van der Waals surface area (Å²) in [7, 11) is 1.69. The smallest absolute Gasteiger partial charge is 0.129 e. The summed E-state index contributed by atoms with van der Waals surface area (Å²) in [5.74, 6) is 0.847. The molecule has 1 heterocycles. The van der Waals surface area contributed by atoms with Gasteiger partial charge in [0.05, 0.1) is 19.5 Å². The van der Waals surface area contributed by atoms with Crippen LogP contribution in [-0.2, 0) is 27.4 Å². The van der Waals surface area contributed by atoms with Crippen LogP contribution in [0.25, 0.3) is 0 Å². The van der Waals surface area contributed by atoms with E-state index in [9.17, 15) is 0 Å². The molecule has 5 heteroatoms. The summed E-state index contributed by atoms with van der Waals surface area (Å²) in [6, 6.07) is 2.03. The molecule has 0 saturated carbocycles. The number of methoxy groups -OCH3 is 1. The number of rotatable bonds is 11. The lowest BCUT2D eigenvalue weighted by Gasteiger charge is -2.19. The number of nitrogens with one attached hydrogen (secondary N) is 1. The maximum Gasteiger partial charge on any atom is 0.129 e. The van der Waals surface area contributed by atoms with Crippen LogP contribution < -0.4 is 5.32 Å². The van der Waals surface area contributed by atoms with Crippen molar-refractivity contribution in [2.45, 2.75) is 45.9 Å². The van der Waals surface area contributed by atoms with Gasteiger partial charge >= 0.3 is 0 Å². The molecule has 122 valence electrons. The summed E-state index contributed by atoms with van der Waals surface area (Å²) in [4.78, 5) is 0. The van der Waals surface area contributed by atoms with Crippen molar-refractivity contribution in [1.29, 1.82) is 0 Å². The molecule has 5 nitrogen and oxygen atoms in total. The van der Waals surface area contributed by atoms with Crippen LogP contribution in [0.1, 0.15) is 38.5 Å². The van der Waals surface area contributed by atoms with Gasteiger partial charge in [-0.25, -0.2) is 0 Å². The molecular formula is C16H29NO4. The lowest BCUT2D eigenvalue weighted by Crippen LogP contribution is -2.34. The van der Waals surface area contributed by atoms with Gasteiger partial charge in [-0.15, -0.1) is 0 Å². The Hall–Kier alpha value is -0.880. The van der Waals surface area contributed by atoms with Gasteiger partial charge < -0.3 is 23.9 Å². The van der Waals surface area contributed by atoms with E-state index in [2.05, 4.69) is 26.1 Å². The molecule has 0 aliphatic carbocycles. The molecule has 0 unspecified atom stereocenters. The maximum atomic E-state index is 5.51. The van der Waals surface area contributed by atoms with Crippen molar-refractivity contribution < 1.29 is 18.6 Å². The summed E-state index contributed by atoms with van der Waals surface area (Å²) in [6.45, 7) is 10.3. The van der Waals surface area contributed by atoms with E-state index >= 15 is 0 Å². The van der Waals surface area contributed by atoms with Gasteiger partial charge in [-0.3, -0.25) is 0 Å². The Bertz CT molecular complexity index is 371. The summed E-state index contributed by atoms with van der Waals surface area (Å²) in [6.07, 6.45) is 2.69. The van der Waals surface area contributed by atoms with Gasteiger partial charge in [-0.2, -0.15) is 0 Å². The van der Waals surface area contributed by atoms with Crippen molar-refractivity contribution in [1.82, 2.24) is 5.32 Å². The predicted molar refractivity (Wildman–Crippen MR) is 82.3 cm³/mol. The van der Waals surface area contributed by atoms with E-state index < -0.39 is 0 Å². The molecule has 1 N–H and O–H groups in total. The van der Waals surface area contributed by atoms with Gasteiger partial charge in [0.15, 0.2) is 0 Å². The van der Waals surface area contributed by atoms with Gasteiger partial charge in [0.1, 0.15) is 12.4 Å². The predicted octanol–water partition coefficient (Wildman–Crippen LogP) is 2.74. The molecule has 21 heavy (non-hydrogen) atoms. The highest BCUT2D eigenvalue weighted by molar-refractivity contribution is 5.12. The molecule has 0 atom stereocenters. The van der Waals surface area contributed by atoms with E-state index in [-0.39, 0.29) is 5.54 Å². The van der Waals surface area contributed by atoms with Crippen molar-refractivity contribution >= 4 is 0 Å². The Kier molecular flexibility index (Phi) is 8.61. The zero-order valence-corrected chi connectivity index (χ0v) is 13.7. The van der Waals surface area contributed by atoms with E-state index in [4.69, 9.17) is 18.6 Å². The molecule has 0 aliphatic heterocycles. The minimum absolute atomic E-state index is 0.105. The number of furan rings is 1. The molecule has 0 saturated heterocycles. The minimum Gasteiger partial charge on any atom is -0.467 e. The average Bonchev–Trinajstić information content (AvgIpc) is 2.87. The zero-order valence-electron chi connectivity index (χ0n) is 13.7. The van der Waals surface area contributed by atoms with Crippen LogP contribution in [0.5, 0.6) is 0 Å². The van der Waals surface area contributed by atoms with Crippen LogP contribution in [0.2, 0.25) is 0 Å². The lowest BCUT2D eigenvalue weighted by molar-refractivity contribution is 0.0287. The first-order chi connectivity index (χ1) is 10.0. The van der Waals surface area contributed by atoms with Crippen molar-refractivity contribution in [3.8, 4) is 0 Å². The largest absolute Gasteiger partial charge is 0.467 e. The van der Waals surface area contributed by atoms with Crippen molar-refractivity contribution in [2.75, 3.05) is 33.5 Å². The second-order valence-electron chi connectivity index (χ2n) is 6.04. The van der Waals surface area contributed by atoms with Gasteiger partial charge in [-0.05, 0) is 33.3 Å². The third kappa shape index (κ3) is 9.63. The fraction of sp³-hybridized carbons (Fsp3) is 0.750. The second kappa shape index (κ2) is 9.95. The lowest BCUT2D eigenvalue weighted by atomic mass is 10.1. The van der Waals surface area contributed by atoms with Crippen LogP contribution >= 0.6 is 0 Å². The fourth-order valence-electron chi connectivity index (χ4n) is 1.66. The molecule has 0 amide bonds. The van der Waals surface area contributed by atoms with Crippen LogP contribution in [0.15, 0.2) is 16.7 Å². The van der Waals surface area contributed by atoms with E-state index in [1.165, 1.54) is 0 Å². The van der Waals surface area contributed by atoms with Gasteiger partial charge in [-0.1, -0.05) is 0 Å². The highest BCUT2D eigenvalue weighted by Gasteiger charge is 2.09. The van der Waals surface area contributed by atoms with E-state index in [1.54, 1.807) is 13.4 Å². The first kappa shape index (κ1) is 18.2. The van der Waals surface area contributed by atoms with Gasteiger partial charge in [0.25, 0.3) is 0 Å². The minimum atomic E-state index is 0.105. The third-order valence-electron chi connectivity index (χ3n) is 2.78. The average molecular weight is 299 g/mol. The van der Waals surface area contributed by atoms with E-state index in [1.807, 2.05) is 6.07 Å². The highest BCUT2D eigenvalue weighted by atomic mass is 16.5. The SMILES string of the molecule is COCCCOCCOCc1cc(CNC(C)(C)C)co1. The van der Waals surface area contributed by atoms with E-state index in [0.29, 0.717) is 26.4 Å². The Balaban J connectivity index is 2.06. The molecule has 0 radical (unpaired) electrons. The van der Waals surface area contributed by atoms with Crippen molar-refractivity contribution in [2.24, 2.45) is 0 Å². The third-order valence-corrected chi connectivity index (χ3v) is 2.78. The van der Waals surface area contributed by atoms with Crippen LogP contribution in [-0.4, -0.2) is 39.1 Å². The molecule has 1 aromatic rings.